The zero-order valence-corrected chi connectivity index (χ0v) is 62.0. The summed E-state index contributed by atoms with van der Waals surface area (Å²) < 4.78 is 68.4. The lowest BCUT2D eigenvalue weighted by molar-refractivity contribution is -0.161. The molecule has 92 heavy (non-hydrogen) atoms. The molecule has 0 rings (SSSR count). The highest BCUT2D eigenvalue weighted by molar-refractivity contribution is 7.47. The van der Waals surface area contributed by atoms with E-state index < -0.39 is 97.5 Å². The van der Waals surface area contributed by atoms with Gasteiger partial charge in [0, 0.05) is 25.7 Å². The molecule has 0 spiro atoms. The predicted octanol–water partition coefficient (Wildman–Crippen LogP) is 20.9. The molecule has 0 aliphatic carbocycles. The number of unbranched alkanes of at least 4 members (excludes halogenated alkanes) is 34. The van der Waals surface area contributed by atoms with Crippen LogP contribution in [-0.4, -0.2) is 96.7 Å². The molecule has 3 N–H and O–H groups in total. The molecule has 546 valence electrons. The summed E-state index contributed by atoms with van der Waals surface area (Å²) in [5, 5.41) is 10.6. The van der Waals surface area contributed by atoms with Crippen LogP contribution in [0.3, 0.4) is 0 Å². The standard InChI is InChI=1S/C73H142O17P2/c1-9-65(7)51-43-35-27-19-15-13-11-12-14-16-20-30-39-47-55-72(77)89-68(59-83-70(75)53-45-37-29-21-17-18-25-33-41-49-63(3)4)61-87-91(79,80)85-57-67(74)58-86-92(81,82)88-62-69(60-84-71(76)54-46-38-32-24-26-34-42-50-64(5)6)90-73(78)56-48-40-31-23-22-28-36-44-52-66(8)10-2/h63-69,74H,9-62H2,1-8H3,(H,79,80)(H,81,82)/t65?,66?,67?,68-,69-/m1/s1. The highest BCUT2D eigenvalue weighted by Crippen LogP contribution is 2.45. The van der Waals surface area contributed by atoms with E-state index in [4.69, 9.17) is 37.0 Å². The Kier molecular flexibility index (Phi) is 61.3. The molecular weight excluding hydrogens is 1210 g/mol. The van der Waals surface area contributed by atoms with Crippen LogP contribution in [0.25, 0.3) is 0 Å². The van der Waals surface area contributed by atoms with E-state index in [2.05, 4.69) is 55.4 Å². The Morgan fingerprint density at radius 2 is 0.522 bits per heavy atom. The first-order valence-corrected chi connectivity index (χ1v) is 40.8. The van der Waals surface area contributed by atoms with E-state index in [0.717, 1.165) is 114 Å². The molecule has 0 aromatic heterocycles. The molecule has 0 saturated heterocycles. The summed E-state index contributed by atoms with van der Waals surface area (Å²) in [5.74, 6) is 0.937. The maximum absolute atomic E-state index is 13.1. The smallest absolute Gasteiger partial charge is 0.462 e. The molecular formula is C73H142O17P2. The minimum atomic E-state index is -4.96. The Balaban J connectivity index is 5.25. The van der Waals surface area contributed by atoms with Crippen molar-refractivity contribution in [2.75, 3.05) is 39.6 Å². The molecule has 0 aliphatic heterocycles. The van der Waals surface area contributed by atoms with E-state index >= 15 is 0 Å². The van der Waals surface area contributed by atoms with Gasteiger partial charge < -0.3 is 33.8 Å². The van der Waals surface area contributed by atoms with E-state index in [-0.39, 0.29) is 25.7 Å². The Morgan fingerprint density at radius 3 is 0.772 bits per heavy atom. The van der Waals surface area contributed by atoms with Gasteiger partial charge in [-0.15, -0.1) is 0 Å². The van der Waals surface area contributed by atoms with Gasteiger partial charge in [-0.2, -0.15) is 0 Å². The zero-order valence-electron chi connectivity index (χ0n) is 60.2. The van der Waals surface area contributed by atoms with Crippen LogP contribution in [0.4, 0.5) is 0 Å². The van der Waals surface area contributed by atoms with E-state index in [1.165, 1.54) is 161 Å². The molecule has 0 heterocycles. The number of carbonyl (C=O) groups excluding carboxylic acids is 4. The number of aliphatic hydroxyl groups excluding tert-OH is 1. The number of aliphatic hydroxyl groups is 1. The van der Waals surface area contributed by atoms with Gasteiger partial charge in [0.1, 0.15) is 19.3 Å². The zero-order chi connectivity index (χ0) is 68.2. The summed E-state index contributed by atoms with van der Waals surface area (Å²) in [4.78, 5) is 72.7. The maximum atomic E-state index is 13.1. The Hall–Kier alpha value is -1.94. The summed E-state index contributed by atoms with van der Waals surface area (Å²) >= 11 is 0. The van der Waals surface area contributed by atoms with Gasteiger partial charge in [0.05, 0.1) is 26.4 Å². The fraction of sp³-hybridized carbons (Fsp3) is 0.945. The number of phosphoric ester groups is 2. The van der Waals surface area contributed by atoms with Crippen molar-refractivity contribution in [1.29, 1.82) is 0 Å². The molecule has 0 saturated carbocycles. The second-order valence-electron chi connectivity index (χ2n) is 27.8. The highest BCUT2D eigenvalue weighted by Gasteiger charge is 2.30. The Bertz CT molecular complexity index is 1820. The van der Waals surface area contributed by atoms with Gasteiger partial charge >= 0.3 is 39.5 Å². The van der Waals surface area contributed by atoms with E-state index in [0.29, 0.717) is 31.6 Å². The monoisotopic (exact) mass is 1350 g/mol. The molecule has 0 bridgehead atoms. The van der Waals surface area contributed by atoms with Crippen molar-refractivity contribution >= 4 is 39.5 Å². The molecule has 0 aromatic rings. The van der Waals surface area contributed by atoms with Crippen LogP contribution in [-0.2, 0) is 65.4 Å². The molecule has 0 aliphatic rings. The van der Waals surface area contributed by atoms with Crippen LogP contribution in [0, 0.1) is 23.7 Å². The van der Waals surface area contributed by atoms with Crippen molar-refractivity contribution in [3.05, 3.63) is 0 Å². The predicted molar refractivity (Wildman–Crippen MR) is 372 cm³/mol. The van der Waals surface area contributed by atoms with E-state index in [1.54, 1.807) is 0 Å². The van der Waals surface area contributed by atoms with Crippen molar-refractivity contribution in [2.24, 2.45) is 23.7 Å². The highest BCUT2D eigenvalue weighted by atomic mass is 31.2. The summed E-state index contributed by atoms with van der Waals surface area (Å²) in [5.41, 5.74) is 0. The lowest BCUT2D eigenvalue weighted by Gasteiger charge is -2.21. The van der Waals surface area contributed by atoms with Crippen molar-refractivity contribution in [2.45, 2.75) is 382 Å². The van der Waals surface area contributed by atoms with Gasteiger partial charge in [0.2, 0.25) is 0 Å². The maximum Gasteiger partial charge on any atom is 0.472 e. The third-order valence-electron chi connectivity index (χ3n) is 17.5. The first-order chi connectivity index (χ1) is 44.2. The van der Waals surface area contributed by atoms with Crippen LogP contribution in [0.15, 0.2) is 0 Å². The number of hydrogen-bond donors (Lipinski definition) is 3. The van der Waals surface area contributed by atoms with Gasteiger partial charge in [0.25, 0.3) is 0 Å². The van der Waals surface area contributed by atoms with Crippen LogP contribution in [0.1, 0.15) is 364 Å². The summed E-state index contributed by atoms with van der Waals surface area (Å²) in [7, 11) is -9.91. The lowest BCUT2D eigenvalue weighted by atomic mass is 9.99. The number of hydrogen-bond acceptors (Lipinski definition) is 15. The summed E-state index contributed by atoms with van der Waals surface area (Å²) in [6.45, 7) is 14.2. The minimum Gasteiger partial charge on any atom is -0.462 e. The molecule has 5 unspecified atom stereocenters. The van der Waals surface area contributed by atoms with Gasteiger partial charge in [-0.05, 0) is 49.4 Å². The third-order valence-corrected chi connectivity index (χ3v) is 19.4. The second-order valence-corrected chi connectivity index (χ2v) is 30.7. The van der Waals surface area contributed by atoms with Crippen molar-refractivity contribution in [3.8, 4) is 0 Å². The fourth-order valence-electron chi connectivity index (χ4n) is 11.0. The topological polar surface area (TPSA) is 237 Å². The largest absolute Gasteiger partial charge is 0.472 e. The molecule has 0 amide bonds. The van der Waals surface area contributed by atoms with Gasteiger partial charge in [-0.25, -0.2) is 9.13 Å². The number of carbonyl (C=O) groups is 4. The summed E-state index contributed by atoms with van der Waals surface area (Å²) in [6.07, 6.45) is 45.8. The normalized spacial score (nSPS) is 14.8. The van der Waals surface area contributed by atoms with Gasteiger partial charge in [-0.1, -0.05) is 312 Å². The quantitative estimate of drug-likeness (QED) is 0.0222. The molecule has 0 aromatic carbocycles. The van der Waals surface area contributed by atoms with E-state index in [9.17, 15) is 43.2 Å². The van der Waals surface area contributed by atoms with Crippen LogP contribution in [0.2, 0.25) is 0 Å². The first kappa shape index (κ1) is 90.1. The molecule has 17 nitrogen and oxygen atoms in total. The average molecular weight is 1350 g/mol. The van der Waals surface area contributed by atoms with Gasteiger partial charge in [0.15, 0.2) is 12.2 Å². The molecule has 0 radical (unpaired) electrons. The molecule has 7 atom stereocenters. The number of rotatable bonds is 70. The van der Waals surface area contributed by atoms with Crippen LogP contribution >= 0.6 is 15.6 Å². The van der Waals surface area contributed by atoms with Crippen molar-refractivity contribution in [3.63, 3.8) is 0 Å². The minimum absolute atomic E-state index is 0.104. The summed E-state index contributed by atoms with van der Waals surface area (Å²) in [6, 6.07) is 0. The van der Waals surface area contributed by atoms with Crippen LogP contribution < -0.4 is 0 Å². The van der Waals surface area contributed by atoms with Gasteiger partial charge in [-0.3, -0.25) is 37.3 Å². The molecule has 19 heteroatoms. The van der Waals surface area contributed by atoms with E-state index in [1.807, 2.05) is 0 Å². The fourth-order valence-corrected chi connectivity index (χ4v) is 12.5. The first-order valence-electron chi connectivity index (χ1n) is 37.8. The average Bonchev–Trinajstić information content (AvgIpc) is 3.60. The Labute approximate surface area is 562 Å². The SMILES string of the molecule is CCC(C)CCCCCCCCCCCCCCCCC(=O)O[C@H](COC(=O)CCCCCCCCCCCC(C)C)COP(=O)(O)OCC(O)COP(=O)(O)OC[C@@H](COC(=O)CCCCCCCCCC(C)C)OC(=O)CCCCCCCCCCC(C)CC. The van der Waals surface area contributed by atoms with Crippen LogP contribution in [0.5, 0.6) is 0 Å². The number of ether oxygens (including phenoxy) is 4. The Morgan fingerprint density at radius 1 is 0.304 bits per heavy atom. The van der Waals surface area contributed by atoms with Crippen molar-refractivity contribution in [1.82, 2.24) is 0 Å². The number of phosphoric acid groups is 2. The third kappa shape index (κ3) is 64.1. The second kappa shape index (κ2) is 62.6. The molecule has 0 fully saturated rings. The van der Waals surface area contributed by atoms with Crippen molar-refractivity contribution < 1.29 is 80.2 Å². The lowest BCUT2D eigenvalue weighted by Crippen LogP contribution is -2.30. The number of esters is 4.